The number of nitrogens with two attached hydrogens (primary N) is 1. The summed E-state index contributed by atoms with van der Waals surface area (Å²) in [7, 11) is 0. The highest BCUT2D eigenvalue weighted by Crippen LogP contribution is 2.35. The van der Waals surface area contributed by atoms with Gasteiger partial charge in [-0.15, -0.1) is 11.3 Å². The molecule has 82 valence electrons. The predicted molar refractivity (Wildman–Crippen MR) is 65.5 cm³/mol. The molecule has 0 unspecified atom stereocenters. The minimum Gasteiger partial charge on any atom is -0.366 e. The van der Waals surface area contributed by atoms with Crippen LogP contribution in [0, 0.1) is 13.8 Å². The fourth-order valence-corrected chi connectivity index (χ4v) is 2.78. The normalized spacial score (nSPS) is 10.4. The van der Waals surface area contributed by atoms with E-state index in [4.69, 9.17) is 5.73 Å². The second-order valence-electron chi connectivity index (χ2n) is 3.59. The van der Waals surface area contributed by atoms with Crippen molar-refractivity contribution in [3.05, 3.63) is 40.5 Å². The number of pyridine rings is 1. The minimum absolute atomic E-state index is 0.374. The number of carbonyl (C=O) groups excluding carboxylic acids is 1. The van der Waals surface area contributed by atoms with Crippen LogP contribution >= 0.6 is 11.3 Å². The highest BCUT2D eigenvalue weighted by atomic mass is 32.1. The van der Waals surface area contributed by atoms with Gasteiger partial charge in [0.25, 0.3) is 0 Å². The van der Waals surface area contributed by atoms with Crippen LogP contribution in [0.3, 0.4) is 0 Å². The lowest BCUT2D eigenvalue weighted by Crippen LogP contribution is -2.12. The molecule has 0 spiro atoms. The lowest BCUT2D eigenvalue weighted by Gasteiger charge is -2.00. The van der Waals surface area contributed by atoms with Gasteiger partial charge in [0, 0.05) is 27.7 Å². The third kappa shape index (κ3) is 1.72. The summed E-state index contributed by atoms with van der Waals surface area (Å²) in [6.07, 6.45) is 3.46. The molecule has 0 aliphatic rings. The van der Waals surface area contributed by atoms with Crippen LogP contribution in [0.5, 0.6) is 0 Å². The number of aryl methyl sites for hydroxylation is 1. The molecule has 0 saturated heterocycles. The maximum absolute atomic E-state index is 11.4. The molecule has 0 aliphatic heterocycles. The van der Waals surface area contributed by atoms with Crippen LogP contribution in [0.4, 0.5) is 0 Å². The third-order valence-corrected chi connectivity index (χ3v) is 3.81. The zero-order chi connectivity index (χ0) is 11.7. The molecule has 0 aliphatic carbocycles. The van der Waals surface area contributed by atoms with Crippen molar-refractivity contribution in [1.29, 1.82) is 0 Å². The molecule has 4 heteroatoms. The van der Waals surface area contributed by atoms with Crippen LogP contribution in [0.15, 0.2) is 24.5 Å². The molecule has 2 aromatic rings. The fraction of sp³-hybridized carbons (Fsp3) is 0.167. The average Bonchev–Trinajstić information content (AvgIpc) is 2.57. The van der Waals surface area contributed by atoms with Gasteiger partial charge < -0.3 is 5.73 Å². The van der Waals surface area contributed by atoms with E-state index in [2.05, 4.69) is 4.98 Å². The van der Waals surface area contributed by atoms with Crippen molar-refractivity contribution in [2.45, 2.75) is 13.8 Å². The van der Waals surface area contributed by atoms with Gasteiger partial charge in [-0.3, -0.25) is 9.78 Å². The standard InChI is InChI=1S/C12H12N2OS/c1-7-8(2)16-11(10(7)12(13)15)9-4-3-5-14-6-9/h3-6H,1-2H3,(H2,13,15). The first-order valence-corrected chi connectivity index (χ1v) is 5.73. The molecular weight excluding hydrogens is 220 g/mol. The average molecular weight is 232 g/mol. The van der Waals surface area contributed by atoms with Crippen LogP contribution < -0.4 is 5.73 Å². The Bertz CT molecular complexity index is 531. The first-order chi connectivity index (χ1) is 7.61. The van der Waals surface area contributed by atoms with Gasteiger partial charge in [-0.05, 0) is 25.5 Å². The Morgan fingerprint density at radius 3 is 2.75 bits per heavy atom. The Balaban J connectivity index is 2.66. The van der Waals surface area contributed by atoms with Gasteiger partial charge in [-0.2, -0.15) is 0 Å². The molecule has 0 radical (unpaired) electrons. The number of rotatable bonds is 2. The number of thiophene rings is 1. The lowest BCUT2D eigenvalue weighted by atomic mass is 10.1. The molecule has 0 fully saturated rings. The summed E-state index contributed by atoms with van der Waals surface area (Å²) in [5, 5.41) is 0. The van der Waals surface area contributed by atoms with Crippen molar-refractivity contribution in [3.8, 4) is 10.4 Å². The Morgan fingerprint density at radius 2 is 2.19 bits per heavy atom. The van der Waals surface area contributed by atoms with Crippen molar-refractivity contribution in [3.63, 3.8) is 0 Å². The van der Waals surface area contributed by atoms with Crippen LogP contribution in [0.25, 0.3) is 10.4 Å². The van der Waals surface area contributed by atoms with Crippen LogP contribution in [-0.2, 0) is 0 Å². The van der Waals surface area contributed by atoms with Crippen molar-refractivity contribution in [2.75, 3.05) is 0 Å². The van der Waals surface area contributed by atoms with Gasteiger partial charge in [-0.25, -0.2) is 0 Å². The quantitative estimate of drug-likeness (QED) is 0.865. The molecule has 2 N–H and O–H groups in total. The Morgan fingerprint density at radius 1 is 1.44 bits per heavy atom. The van der Waals surface area contributed by atoms with Gasteiger partial charge in [0.1, 0.15) is 0 Å². The molecule has 0 atom stereocenters. The Kier molecular flexibility index (Phi) is 2.75. The van der Waals surface area contributed by atoms with Gasteiger partial charge in [-0.1, -0.05) is 6.07 Å². The molecule has 2 rings (SSSR count). The Labute approximate surface area is 97.9 Å². The number of carbonyl (C=O) groups is 1. The summed E-state index contributed by atoms with van der Waals surface area (Å²) in [6.45, 7) is 3.91. The van der Waals surface area contributed by atoms with E-state index < -0.39 is 0 Å². The van der Waals surface area contributed by atoms with Crippen LogP contribution in [0.1, 0.15) is 20.8 Å². The third-order valence-electron chi connectivity index (χ3n) is 2.56. The maximum atomic E-state index is 11.4. The van der Waals surface area contributed by atoms with E-state index >= 15 is 0 Å². The van der Waals surface area contributed by atoms with Gasteiger partial charge in [0.2, 0.25) is 5.91 Å². The van der Waals surface area contributed by atoms with Crippen molar-refractivity contribution in [1.82, 2.24) is 4.98 Å². The fourth-order valence-electron chi connectivity index (χ4n) is 1.62. The topological polar surface area (TPSA) is 56.0 Å². The molecule has 1 amide bonds. The van der Waals surface area contributed by atoms with Gasteiger partial charge in [0.15, 0.2) is 0 Å². The van der Waals surface area contributed by atoms with Crippen molar-refractivity contribution >= 4 is 17.2 Å². The molecule has 0 saturated carbocycles. The van der Waals surface area contributed by atoms with E-state index in [0.717, 1.165) is 20.9 Å². The lowest BCUT2D eigenvalue weighted by molar-refractivity contribution is 0.100. The van der Waals surface area contributed by atoms with Gasteiger partial charge >= 0.3 is 0 Å². The summed E-state index contributed by atoms with van der Waals surface area (Å²) in [5.74, 6) is -0.374. The zero-order valence-corrected chi connectivity index (χ0v) is 9.97. The van der Waals surface area contributed by atoms with Crippen LogP contribution in [0.2, 0.25) is 0 Å². The number of amides is 1. The molecule has 2 heterocycles. The number of nitrogens with zero attached hydrogens (tertiary/aromatic N) is 1. The molecule has 0 bridgehead atoms. The second-order valence-corrected chi connectivity index (χ2v) is 4.82. The summed E-state index contributed by atoms with van der Waals surface area (Å²) in [4.78, 5) is 17.5. The van der Waals surface area contributed by atoms with Crippen LogP contribution in [-0.4, -0.2) is 10.9 Å². The molecule has 16 heavy (non-hydrogen) atoms. The Hall–Kier alpha value is -1.68. The van der Waals surface area contributed by atoms with E-state index in [1.165, 1.54) is 0 Å². The van der Waals surface area contributed by atoms with E-state index in [-0.39, 0.29) is 5.91 Å². The summed E-state index contributed by atoms with van der Waals surface area (Å²) < 4.78 is 0. The number of hydrogen-bond acceptors (Lipinski definition) is 3. The van der Waals surface area contributed by atoms with Crippen molar-refractivity contribution < 1.29 is 4.79 Å². The van der Waals surface area contributed by atoms with E-state index in [1.807, 2.05) is 26.0 Å². The monoisotopic (exact) mass is 232 g/mol. The zero-order valence-electron chi connectivity index (χ0n) is 9.15. The number of hydrogen-bond donors (Lipinski definition) is 1. The molecule has 3 nitrogen and oxygen atoms in total. The van der Waals surface area contributed by atoms with Gasteiger partial charge in [0.05, 0.1) is 5.56 Å². The first-order valence-electron chi connectivity index (χ1n) is 4.91. The summed E-state index contributed by atoms with van der Waals surface area (Å²) >= 11 is 1.58. The number of aromatic nitrogens is 1. The number of primary amides is 1. The molecular formula is C12H12N2OS. The highest BCUT2D eigenvalue weighted by molar-refractivity contribution is 7.16. The second kappa shape index (κ2) is 4.06. The minimum atomic E-state index is -0.374. The van der Waals surface area contributed by atoms with E-state index in [9.17, 15) is 4.79 Å². The molecule has 0 aromatic carbocycles. The largest absolute Gasteiger partial charge is 0.366 e. The van der Waals surface area contributed by atoms with E-state index in [1.54, 1.807) is 23.7 Å². The SMILES string of the molecule is Cc1sc(-c2cccnc2)c(C(N)=O)c1C. The smallest absolute Gasteiger partial charge is 0.250 e. The molecule has 2 aromatic heterocycles. The van der Waals surface area contributed by atoms with E-state index in [0.29, 0.717) is 5.56 Å². The maximum Gasteiger partial charge on any atom is 0.250 e. The highest BCUT2D eigenvalue weighted by Gasteiger charge is 2.18. The summed E-state index contributed by atoms with van der Waals surface area (Å²) in [6, 6.07) is 3.79. The van der Waals surface area contributed by atoms with Crippen molar-refractivity contribution in [2.24, 2.45) is 5.73 Å². The summed E-state index contributed by atoms with van der Waals surface area (Å²) in [5.41, 5.74) is 7.95. The first kappa shape index (κ1) is 10.8. The predicted octanol–water partition coefficient (Wildman–Crippen LogP) is 2.53.